The Balaban J connectivity index is 1.32. The molecular formula is C20H24N4O3. The molecule has 27 heavy (non-hydrogen) atoms. The van der Waals surface area contributed by atoms with E-state index in [0.717, 1.165) is 75.5 Å². The third kappa shape index (κ3) is 3.33. The molecule has 1 fully saturated rings. The van der Waals surface area contributed by atoms with E-state index in [1.807, 2.05) is 6.07 Å². The number of aromatic nitrogens is 2. The van der Waals surface area contributed by atoms with Gasteiger partial charge >= 0.3 is 0 Å². The van der Waals surface area contributed by atoms with Crippen LogP contribution in [0.2, 0.25) is 0 Å². The molecule has 1 saturated heterocycles. The molecule has 7 nitrogen and oxygen atoms in total. The van der Waals surface area contributed by atoms with Crippen LogP contribution < -0.4 is 14.4 Å². The fourth-order valence-corrected chi connectivity index (χ4v) is 3.96. The van der Waals surface area contributed by atoms with Crippen molar-refractivity contribution in [3.05, 3.63) is 40.7 Å². The van der Waals surface area contributed by atoms with Crippen LogP contribution in [-0.4, -0.2) is 54.5 Å². The van der Waals surface area contributed by atoms with Crippen molar-refractivity contribution in [2.24, 2.45) is 0 Å². The average Bonchev–Trinajstić information content (AvgIpc) is 3.17. The summed E-state index contributed by atoms with van der Waals surface area (Å²) in [5, 5.41) is 0. The van der Waals surface area contributed by atoms with Gasteiger partial charge in [0.15, 0.2) is 11.5 Å². The molecule has 0 unspecified atom stereocenters. The molecule has 142 valence electrons. The largest absolute Gasteiger partial charge is 0.454 e. The number of aryl methyl sites for hydroxylation is 1. The fraction of sp³-hybridized carbons (Fsp3) is 0.500. The summed E-state index contributed by atoms with van der Waals surface area (Å²) >= 11 is 0. The Kier molecular flexibility index (Phi) is 4.33. The number of ether oxygens (including phenoxy) is 3. The van der Waals surface area contributed by atoms with E-state index in [0.29, 0.717) is 6.79 Å². The highest BCUT2D eigenvalue weighted by Gasteiger charge is 2.24. The number of fused-ring (bicyclic) bond motifs is 2. The van der Waals surface area contributed by atoms with Crippen LogP contribution in [0.5, 0.6) is 11.5 Å². The minimum absolute atomic E-state index is 0.317. The molecule has 0 atom stereocenters. The maximum Gasteiger partial charge on any atom is 0.231 e. The van der Waals surface area contributed by atoms with Gasteiger partial charge in [0.05, 0.1) is 18.9 Å². The van der Waals surface area contributed by atoms with Crippen LogP contribution in [0.25, 0.3) is 0 Å². The summed E-state index contributed by atoms with van der Waals surface area (Å²) in [4.78, 5) is 14.4. The maximum atomic E-state index is 5.50. The van der Waals surface area contributed by atoms with Gasteiger partial charge in [0.2, 0.25) is 12.7 Å². The Morgan fingerprint density at radius 2 is 1.89 bits per heavy atom. The quantitative estimate of drug-likeness (QED) is 0.820. The van der Waals surface area contributed by atoms with E-state index in [1.54, 1.807) is 0 Å². The highest BCUT2D eigenvalue weighted by molar-refractivity contribution is 5.44. The Bertz CT molecular complexity index is 851. The van der Waals surface area contributed by atoms with Crippen molar-refractivity contribution < 1.29 is 14.2 Å². The van der Waals surface area contributed by atoms with Gasteiger partial charge in [0, 0.05) is 50.4 Å². The number of nitrogens with zero attached hydrogens (tertiary/aromatic N) is 4. The molecule has 4 heterocycles. The predicted molar refractivity (Wildman–Crippen MR) is 100 cm³/mol. The number of hydrogen-bond acceptors (Lipinski definition) is 7. The second-order valence-electron chi connectivity index (χ2n) is 7.28. The molecule has 0 N–H and O–H groups in total. The highest BCUT2D eigenvalue weighted by atomic mass is 16.7. The van der Waals surface area contributed by atoms with Crippen LogP contribution >= 0.6 is 0 Å². The molecule has 0 aliphatic carbocycles. The third-order valence-corrected chi connectivity index (χ3v) is 5.47. The SMILES string of the molecule is Cc1nc(N2CCOCC2)nc2c1CN(Cc1ccc3c(c1)OCO3)CC2. The summed E-state index contributed by atoms with van der Waals surface area (Å²) < 4.78 is 16.3. The Labute approximate surface area is 158 Å². The van der Waals surface area contributed by atoms with E-state index in [-0.39, 0.29) is 0 Å². The average molecular weight is 368 g/mol. The molecule has 7 heteroatoms. The maximum absolute atomic E-state index is 5.50. The van der Waals surface area contributed by atoms with Gasteiger partial charge in [-0.25, -0.2) is 9.97 Å². The number of rotatable bonds is 3. The third-order valence-electron chi connectivity index (χ3n) is 5.47. The predicted octanol–water partition coefficient (Wildman–Crippen LogP) is 1.91. The van der Waals surface area contributed by atoms with Crippen LogP contribution in [-0.2, 0) is 24.2 Å². The zero-order chi connectivity index (χ0) is 18.2. The van der Waals surface area contributed by atoms with Gasteiger partial charge in [0.1, 0.15) is 0 Å². The molecule has 5 rings (SSSR count). The Morgan fingerprint density at radius 1 is 1.04 bits per heavy atom. The molecular weight excluding hydrogens is 344 g/mol. The minimum Gasteiger partial charge on any atom is -0.454 e. The van der Waals surface area contributed by atoms with Gasteiger partial charge in [-0.15, -0.1) is 0 Å². The number of anilines is 1. The van der Waals surface area contributed by atoms with Gasteiger partial charge in [-0.3, -0.25) is 4.90 Å². The van der Waals surface area contributed by atoms with Crippen molar-refractivity contribution in [3.63, 3.8) is 0 Å². The first-order valence-corrected chi connectivity index (χ1v) is 9.56. The second-order valence-corrected chi connectivity index (χ2v) is 7.28. The summed E-state index contributed by atoms with van der Waals surface area (Å²) in [7, 11) is 0. The molecule has 2 aromatic rings. The lowest BCUT2D eigenvalue weighted by atomic mass is 10.0. The normalized spacial score (nSPS) is 19.2. The van der Waals surface area contributed by atoms with Crippen molar-refractivity contribution in [2.45, 2.75) is 26.4 Å². The summed E-state index contributed by atoms with van der Waals surface area (Å²) in [6.45, 7) is 8.45. The van der Waals surface area contributed by atoms with Crippen LogP contribution in [0.1, 0.15) is 22.5 Å². The van der Waals surface area contributed by atoms with Gasteiger partial charge in [-0.05, 0) is 24.6 Å². The van der Waals surface area contributed by atoms with E-state index >= 15 is 0 Å². The highest BCUT2D eigenvalue weighted by Crippen LogP contribution is 2.33. The van der Waals surface area contributed by atoms with Crippen LogP contribution in [0.4, 0.5) is 5.95 Å². The molecule has 1 aromatic heterocycles. The van der Waals surface area contributed by atoms with E-state index < -0.39 is 0 Å². The zero-order valence-corrected chi connectivity index (χ0v) is 15.6. The Hall–Kier alpha value is -2.38. The van der Waals surface area contributed by atoms with Gasteiger partial charge < -0.3 is 19.1 Å². The van der Waals surface area contributed by atoms with Crippen molar-refractivity contribution in [1.29, 1.82) is 0 Å². The second kappa shape index (κ2) is 6.98. The first kappa shape index (κ1) is 16.8. The van der Waals surface area contributed by atoms with Gasteiger partial charge in [-0.2, -0.15) is 0 Å². The lowest BCUT2D eigenvalue weighted by Crippen LogP contribution is -2.38. The lowest BCUT2D eigenvalue weighted by molar-refractivity contribution is 0.122. The summed E-state index contributed by atoms with van der Waals surface area (Å²) in [5.41, 5.74) is 4.81. The van der Waals surface area contributed by atoms with Gasteiger partial charge in [0.25, 0.3) is 0 Å². The zero-order valence-electron chi connectivity index (χ0n) is 15.6. The van der Waals surface area contributed by atoms with Crippen molar-refractivity contribution >= 4 is 5.95 Å². The summed E-state index contributed by atoms with van der Waals surface area (Å²) in [6.07, 6.45) is 0.959. The number of hydrogen-bond donors (Lipinski definition) is 0. The smallest absolute Gasteiger partial charge is 0.231 e. The van der Waals surface area contributed by atoms with Crippen LogP contribution in [0.3, 0.4) is 0 Å². The standard InChI is InChI=1S/C20H24N4O3/c1-14-16-12-23(11-15-2-3-18-19(10-15)27-13-26-18)5-4-17(16)22-20(21-14)24-6-8-25-9-7-24/h2-3,10H,4-9,11-13H2,1H3. The number of benzene rings is 1. The number of morpholine rings is 1. The topological polar surface area (TPSA) is 60.0 Å². The first-order chi connectivity index (χ1) is 13.3. The molecule has 0 saturated carbocycles. The van der Waals surface area contributed by atoms with E-state index in [4.69, 9.17) is 24.2 Å². The van der Waals surface area contributed by atoms with Crippen LogP contribution in [0, 0.1) is 6.92 Å². The van der Waals surface area contributed by atoms with Crippen LogP contribution in [0.15, 0.2) is 18.2 Å². The molecule has 1 aromatic carbocycles. The van der Waals surface area contributed by atoms with E-state index in [1.165, 1.54) is 16.8 Å². The Morgan fingerprint density at radius 3 is 2.78 bits per heavy atom. The molecule has 3 aliphatic heterocycles. The summed E-state index contributed by atoms with van der Waals surface area (Å²) in [6, 6.07) is 6.20. The monoisotopic (exact) mass is 368 g/mol. The minimum atomic E-state index is 0.317. The fourth-order valence-electron chi connectivity index (χ4n) is 3.96. The lowest BCUT2D eigenvalue weighted by Gasteiger charge is -2.31. The van der Waals surface area contributed by atoms with Crippen molar-refractivity contribution in [2.75, 3.05) is 44.5 Å². The molecule has 0 bridgehead atoms. The van der Waals surface area contributed by atoms with Crippen molar-refractivity contribution in [1.82, 2.24) is 14.9 Å². The first-order valence-electron chi connectivity index (χ1n) is 9.56. The molecule has 3 aliphatic rings. The molecule has 0 amide bonds. The summed E-state index contributed by atoms with van der Waals surface area (Å²) in [5.74, 6) is 2.54. The van der Waals surface area contributed by atoms with E-state index in [2.05, 4.69) is 28.9 Å². The van der Waals surface area contributed by atoms with Gasteiger partial charge in [-0.1, -0.05) is 6.07 Å². The van der Waals surface area contributed by atoms with E-state index in [9.17, 15) is 0 Å². The molecule has 0 spiro atoms. The van der Waals surface area contributed by atoms with Crippen molar-refractivity contribution in [3.8, 4) is 11.5 Å². The molecule has 0 radical (unpaired) electrons.